The lowest BCUT2D eigenvalue weighted by atomic mass is 9.95. The van der Waals surface area contributed by atoms with Crippen LogP contribution in [0.3, 0.4) is 0 Å². The first-order chi connectivity index (χ1) is 8.13. The van der Waals surface area contributed by atoms with E-state index in [9.17, 15) is 4.79 Å². The van der Waals surface area contributed by atoms with Gasteiger partial charge in [-0.3, -0.25) is 4.79 Å². The highest BCUT2D eigenvalue weighted by atomic mass is 16.5. The number of hydrogen-bond donors (Lipinski definition) is 1. The number of nitrogens with one attached hydrogen (secondary N) is 1. The molecular weight excluding hydrogens is 216 g/mol. The van der Waals surface area contributed by atoms with Crippen molar-refractivity contribution in [2.45, 2.75) is 45.3 Å². The van der Waals surface area contributed by atoms with Gasteiger partial charge in [0.15, 0.2) is 0 Å². The Bertz CT molecular complexity index is 331. The van der Waals surface area contributed by atoms with Gasteiger partial charge in [0.05, 0.1) is 18.2 Å². The molecule has 1 heterocycles. The normalized spacial score (nSPS) is 30.0. The fraction of sp³-hybridized carbons (Fsp3) is 0.846. The molecule has 2 aliphatic rings. The van der Waals surface area contributed by atoms with Crippen molar-refractivity contribution in [3.05, 3.63) is 0 Å². The van der Waals surface area contributed by atoms with E-state index >= 15 is 0 Å². The first-order valence-corrected chi connectivity index (χ1v) is 6.45. The van der Waals surface area contributed by atoms with Gasteiger partial charge in [-0.25, -0.2) is 0 Å². The van der Waals surface area contributed by atoms with Crippen LogP contribution in [0.2, 0.25) is 0 Å². The van der Waals surface area contributed by atoms with E-state index in [4.69, 9.17) is 10.00 Å². The number of rotatable bonds is 4. The highest BCUT2D eigenvalue weighted by molar-refractivity contribution is 5.81. The van der Waals surface area contributed by atoms with Crippen molar-refractivity contribution in [3.8, 4) is 6.07 Å². The van der Waals surface area contributed by atoms with Crippen molar-refractivity contribution >= 4 is 5.91 Å². The molecule has 1 N–H and O–H groups in total. The Balaban J connectivity index is 1.91. The van der Waals surface area contributed by atoms with Crippen LogP contribution in [0.1, 0.15) is 33.1 Å². The first kappa shape index (κ1) is 12.4. The largest absolute Gasteiger partial charge is 0.376 e. The van der Waals surface area contributed by atoms with Gasteiger partial charge in [-0.2, -0.15) is 5.26 Å². The second kappa shape index (κ2) is 5.05. The van der Waals surface area contributed by atoms with Gasteiger partial charge >= 0.3 is 0 Å². The van der Waals surface area contributed by atoms with E-state index in [2.05, 4.69) is 11.4 Å². The van der Waals surface area contributed by atoms with Crippen LogP contribution in [-0.4, -0.2) is 24.7 Å². The highest BCUT2D eigenvalue weighted by Gasteiger charge is 2.41. The van der Waals surface area contributed by atoms with E-state index in [0.29, 0.717) is 5.92 Å². The lowest BCUT2D eigenvalue weighted by Gasteiger charge is -2.21. The van der Waals surface area contributed by atoms with Crippen LogP contribution in [0.5, 0.6) is 0 Å². The highest BCUT2D eigenvalue weighted by Crippen LogP contribution is 2.38. The zero-order chi connectivity index (χ0) is 12.4. The summed E-state index contributed by atoms with van der Waals surface area (Å²) in [5, 5.41) is 12.0. The maximum atomic E-state index is 12.0. The smallest absolute Gasteiger partial charge is 0.237 e. The summed E-state index contributed by atoms with van der Waals surface area (Å²) >= 11 is 0. The standard InChI is InChI=1S/C13H20N2O2/c1-8(2)10(7-14)13(16)15-11-5-6-17-12(11)9-3-4-9/h8-12H,3-6H2,1-2H3,(H,15,16). The second-order valence-corrected chi connectivity index (χ2v) is 5.43. The Morgan fingerprint density at radius 3 is 2.65 bits per heavy atom. The van der Waals surface area contributed by atoms with Gasteiger partial charge in [0, 0.05) is 6.61 Å². The molecule has 1 saturated heterocycles. The second-order valence-electron chi connectivity index (χ2n) is 5.43. The van der Waals surface area contributed by atoms with Gasteiger partial charge in [0.1, 0.15) is 5.92 Å². The summed E-state index contributed by atoms with van der Waals surface area (Å²) < 4.78 is 5.67. The monoisotopic (exact) mass is 236 g/mol. The molecule has 4 nitrogen and oxygen atoms in total. The summed E-state index contributed by atoms with van der Waals surface area (Å²) in [5.74, 6) is 0.00295. The summed E-state index contributed by atoms with van der Waals surface area (Å²) in [7, 11) is 0. The lowest BCUT2D eigenvalue weighted by Crippen LogP contribution is -2.44. The first-order valence-electron chi connectivity index (χ1n) is 6.45. The Labute approximate surface area is 102 Å². The van der Waals surface area contributed by atoms with E-state index in [1.165, 1.54) is 12.8 Å². The molecule has 1 saturated carbocycles. The van der Waals surface area contributed by atoms with E-state index in [-0.39, 0.29) is 24.0 Å². The van der Waals surface area contributed by atoms with E-state index in [1.54, 1.807) is 0 Å². The molecule has 0 radical (unpaired) electrons. The SMILES string of the molecule is CC(C)C(C#N)C(=O)NC1CCOC1C1CC1. The third-order valence-electron chi connectivity index (χ3n) is 3.64. The lowest BCUT2D eigenvalue weighted by molar-refractivity contribution is -0.125. The van der Waals surface area contributed by atoms with Crippen molar-refractivity contribution in [2.75, 3.05) is 6.61 Å². The number of nitriles is 1. The summed E-state index contributed by atoms with van der Waals surface area (Å²) in [4.78, 5) is 12.0. The van der Waals surface area contributed by atoms with Crippen molar-refractivity contribution in [1.82, 2.24) is 5.32 Å². The number of nitrogens with zero attached hydrogens (tertiary/aromatic N) is 1. The topological polar surface area (TPSA) is 62.1 Å². The minimum Gasteiger partial charge on any atom is -0.376 e. The zero-order valence-electron chi connectivity index (χ0n) is 10.5. The Morgan fingerprint density at radius 1 is 1.41 bits per heavy atom. The summed E-state index contributed by atoms with van der Waals surface area (Å²) in [6.45, 7) is 4.53. The van der Waals surface area contributed by atoms with Gasteiger partial charge in [-0.05, 0) is 31.1 Å². The minimum atomic E-state index is -0.546. The van der Waals surface area contributed by atoms with Crippen LogP contribution in [0.4, 0.5) is 0 Å². The van der Waals surface area contributed by atoms with Gasteiger partial charge in [0.25, 0.3) is 0 Å². The van der Waals surface area contributed by atoms with Gasteiger partial charge in [-0.1, -0.05) is 13.8 Å². The molecule has 0 spiro atoms. The third kappa shape index (κ3) is 2.78. The van der Waals surface area contributed by atoms with Crippen molar-refractivity contribution < 1.29 is 9.53 Å². The van der Waals surface area contributed by atoms with Crippen molar-refractivity contribution in [1.29, 1.82) is 5.26 Å². The summed E-state index contributed by atoms with van der Waals surface area (Å²) in [5.41, 5.74) is 0. The van der Waals surface area contributed by atoms with E-state index in [1.807, 2.05) is 13.8 Å². The molecule has 0 bridgehead atoms. The minimum absolute atomic E-state index is 0.0571. The maximum Gasteiger partial charge on any atom is 0.237 e. The van der Waals surface area contributed by atoms with Crippen LogP contribution in [0.25, 0.3) is 0 Å². The van der Waals surface area contributed by atoms with Gasteiger partial charge in [-0.15, -0.1) is 0 Å². The maximum absolute atomic E-state index is 12.0. The number of amides is 1. The molecule has 1 amide bonds. The quantitative estimate of drug-likeness (QED) is 0.804. The molecule has 1 aliphatic carbocycles. The van der Waals surface area contributed by atoms with Crippen molar-refractivity contribution in [3.63, 3.8) is 0 Å². The number of hydrogen-bond acceptors (Lipinski definition) is 3. The number of carbonyl (C=O) groups excluding carboxylic acids is 1. The molecule has 0 aromatic heterocycles. The summed E-state index contributed by atoms with van der Waals surface area (Å²) in [6.07, 6.45) is 3.49. The van der Waals surface area contributed by atoms with Gasteiger partial charge < -0.3 is 10.1 Å². The average Bonchev–Trinajstić information content (AvgIpc) is 3.00. The third-order valence-corrected chi connectivity index (χ3v) is 3.64. The molecule has 3 unspecified atom stereocenters. The fourth-order valence-corrected chi connectivity index (χ4v) is 2.44. The van der Waals surface area contributed by atoms with Crippen LogP contribution >= 0.6 is 0 Å². The van der Waals surface area contributed by atoms with Crippen molar-refractivity contribution in [2.24, 2.45) is 17.8 Å². The number of carbonyl (C=O) groups is 1. The molecule has 0 aromatic carbocycles. The predicted molar refractivity (Wildman–Crippen MR) is 63.0 cm³/mol. The molecule has 3 atom stereocenters. The molecule has 4 heteroatoms. The molecular formula is C13H20N2O2. The molecule has 94 valence electrons. The Morgan fingerprint density at radius 2 is 2.12 bits per heavy atom. The van der Waals surface area contributed by atoms with E-state index in [0.717, 1.165) is 13.0 Å². The zero-order valence-corrected chi connectivity index (χ0v) is 10.5. The molecule has 1 aliphatic heterocycles. The molecule has 2 rings (SSSR count). The van der Waals surface area contributed by atoms with Crippen LogP contribution < -0.4 is 5.32 Å². The number of ether oxygens (including phenoxy) is 1. The van der Waals surface area contributed by atoms with Gasteiger partial charge in [0.2, 0.25) is 5.91 Å². The van der Waals surface area contributed by atoms with Crippen LogP contribution in [0, 0.1) is 29.1 Å². The molecule has 2 fully saturated rings. The van der Waals surface area contributed by atoms with Crippen LogP contribution in [-0.2, 0) is 9.53 Å². The predicted octanol–water partition coefficient (Wildman–Crippen LogP) is 1.47. The average molecular weight is 236 g/mol. The summed E-state index contributed by atoms with van der Waals surface area (Å²) in [6, 6.07) is 2.20. The fourth-order valence-electron chi connectivity index (χ4n) is 2.44. The van der Waals surface area contributed by atoms with Crippen LogP contribution in [0.15, 0.2) is 0 Å². The molecule has 17 heavy (non-hydrogen) atoms. The van der Waals surface area contributed by atoms with E-state index < -0.39 is 5.92 Å². The molecule has 0 aromatic rings. The Kier molecular flexibility index (Phi) is 3.68. The Hall–Kier alpha value is -1.08.